The number of thioether (sulfide) groups is 1. The van der Waals surface area contributed by atoms with E-state index in [1.54, 1.807) is 0 Å². The smallest absolute Gasteiger partial charge is 0.0545 e. The molecule has 0 amide bonds. The summed E-state index contributed by atoms with van der Waals surface area (Å²) in [6, 6.07) is 6.30. The second kappa shape index (κ2) is 8.18. The Bertz CT molecular complexity index is 388. The second-order valence-electron chi connectivity index (χ2n) is 5.28. The first-order chi connectivity index (χ1) is 9.31. The molecule has 0 heterocycles. The largest absolute Gasteiger partial charge is 0.313 e. The van der Waals surface area contributed by atoms with Crippen LogP contribution in [0.3, 0.4) is 0 Å². The number of halogens is 1. The van der Waals surface area contributed by atoms with Crippen molar-refractivity contribution in [2.24, 2.45) is 0 Å². The summed E-state index contributed by atoms with van der Waals surface area (Å²) < 4.78 is 0. The molecule has 1 aromatic carbocycles. The van der Waals surface area contributed by atoms with E-state index in [1.165, 1.54) is 49.0 Å². The van der Waals surface area contributed by atoms with Crippen LogP contribution < -0.4 is 5.32 Å². The van der Waals surface area contributed by atoms with Crippen LogP contribution in [0.5, 0.6) is 0 Å². The van der Waals surface area contributed by atoms with Gasteiger partial charge < -0.3 is 5.32 Å². The van der Waals surface area contributed by atoms with E-state index >= 15 is 0 Å². The summed E-state index contributed by atoms with van der Waals surface area (Å²) in [5, 5.41) is 5.17. The minimum atomic E-state index is 0.763. The van der Waals surface area contributed by atoms with E-state index in [9.17, 15) is 0 Å². The highest BCUT2D eigenvalue weighted by atomic mass is 35.5. The molecule has 106 valence electrons. The van der Waals surface area contributed by atoms with Gasteiger partial charge in [0.05, 0.1) is 5.02 Å². The van der Waals surface area contributed by atoms with Crippen LogP contribution in [0.1, 0.15) is 51.0 Å². The maximum absolute atomic E-state index is 6.41. The molecule has 19 heavy (non-hydrogen) atoms. The van der Waals surface area contributed by atoms with Gasteiger partial charge in [0.15, 0.2) is 0 Å². The third-order valence-electron chi connectivity index (χ3n) is 3.63. The van der Waals surface area contributed by atoms with Gasteiger partial charge in [-0.1, -0.05) is 49.9 Å². The molecule has 1 nitrogen and oxygen atoms in total. The molecule has 0 saturated heterocycles. The van der Waals surface area contributed by atoms with E-state index in [4.69, 9.17) is 11.6 Å². The lowest BCUT2D eigenvalue weighted by atomic mass is 10.0. The molecule has 0 spiro atoms. The van der Waals surface area contributed by atoms with E-state index < -0.39 is 0 Å². The lowest BCUT2D eigenvalue weighted by Gasteiger charge is -2.23. The van der Waals surface area contributed by atoms with Gasteiger partial charge in [-0.25, -0.2) is 0 Å². The molecule has 1 fully saturated rings. The highest BCUT2D eigenvalue weighted by Gasteiger charge is 2.17. The van der Waals surface area contributed by atoms with Gasteiger partial charge in [-0.3, -0.25) is 0 Å². The number of benzene rings is 1. The van der Waals surface area contributed by atoms with E-state index in [-0.39, 0.29) is 0 Å². The first-order valence-corrected chi connectivity index (χ1v) is 8.71. The van der Waals surface area contributed by atoms with Crippen molar-refractivity contribution >= 4 is 23.4 Å². The topological polar surface area (TPSA) is 12.0 Å². The van der Waals surface area contributed by atoms with Crippen LogP contribution in [-0.4, -0.2) is 11.8 Å². The van der Waals surface area contributed by atoms with Gasteiger partial charge in [-0.15, -0.1) is 11.8 Å². The molecule has 0 aliphatic heterocycles. The minimum Gasteiger partial charge on any atom is -0.313 e. The molecular weight excluding hydrogens is 274 g/mol. The average molecular weight is 298 g/mol. The Morgan fingerprint density at radius 2 is 2.05 bits per heavy atom. The Morgan fingerprint density at radius 1 is 1.26 bits per heavy atom. The number of hydrogen-bond donors (Lipinski definition) is 1. The van der Waals surface area contributed by atoms with E-state index in [0.29, 0.717) is 0 Å². The lowest BCUT2D eigenvalue weighted by Crippen LogP contribution is -2.15. The molecule has 1 N–H and O–H groups in total. The highest BCUT2D eigenvalue weighted by Crippen LogP contribution is 2.38. The molecule has 2 rings (SSSR count). The van der Waals surface area contributed by atoms with Crippen LogP contribution in [-0.2, 0) is 6.54 Å². The molecule has 1 aromatic rings. The maximum atomic E-state index is 6.41. The Hall–Kier alpha value is -0.180. The van der Waals surface area contributed by atoms with Crippen molar-refractivity contribution in [3.05, 3.63) is 28.8 Å². The molecule has 3 heteroatoms. The maximum Gasteiger partial charge on any atom is 0.0545 e. The Balaban J connectivity index is 2.03. The number of rotatable bonds is 6. The van der Waals surface area contributed by atoms with Gasteiger partial charge in [0.2, 0.25) is 0 Å². The zero-order valence-electron chi connectivity index (χ0n) is 11.8. The van der Waals surface area contributed by atoms with Crippen LogP contribution in [0.4, 0.5) is 0 Å². The molecule has 1 aliphatic rings. The predicted octanol–water partition coefficient (Wildman–Crippen LogP) is 5.26. The van der Waals surface area contributed by atoms with E-state index in [1.807, 2.05) is 17.8 Å². The quantitative estimate of drug-likeness (QED) is 0.718. The SMILES string of the molecule is CCCNCc1cccc(Cl)c1SC1CCCCC1. The van der Waals surface area contributed by atoms with Crippen molar-refractivity contribution in [2.75, 3.05) is 6.54 Å². The fourth-order valence-corrected chi connectivity index (χ4v) is 4.28. The normalized spacial score (nSPS) is 16.7. The van der Waals surface area contributed by atoms with Gasteiger partial charge in [-0.05, 0) is 37.4 Å². The zero-order chi connectivity index (χ0) is 13.5. The van der Waals surface area contributed by atoms with Crippen molar-refractivity contribution in [1.82, 2.24) is 5.32 Å². The van der Waals surface area contributed by atoms with Crippen LogP contribution in [0.2, 0.25) is 5.02 Å². The Morgan fingerprint density at radius 3 is 2.79 bits per heavy atom. The predicted molar refractivity (Wildman–Crippen MR) is 86.2 cm³/mol. The van der Waals surface area contributed by atoms with Crippen molar-refractivity contribution < 1.29 is 0 Å². The fourth-order valence-electron chi connectivity index (χ4n) is 2.57. The van der Waals surface area contributed by atoms with Crippen LogP contribution >= 0.6 is 23.4 Å². The first-order valence-electron chi connectivity index (χ1n) is 7.46. The second-order valence-corrected chi connectivity index (χ2v) is 7.00. The van der Waals surface area contributed by atoms with Gasteiger partial charge >= 0.3 is 0 Å². The minimum absolute atomic E-state index is 0.763. The van der Waals surface area contributed by atoms with E-state index in [2.05, 4.69) is 24.4 Å². The van der Waals surface area contributed by atoms with Crippen LogP contribution in [0.25, 0.3) is 0 Å². The highest BCUT2D eigenvalue weighted by molar-refractivity contribution is 8.00. The molecular formula is C16H24ClNS. The molecule has 0 aromatic heterocycles. The van der Waals surface area contributed by atoms with Crippen molar-refractivity contribution in [2.45, 2.75) is 62.1 Å². The number of nitrogens with one attached hydrogen (secondary N) is 1. The summed E-state index contributed by atoms with van der Waals surface area (Å²) >= 11 is 8.42. The van der Waals surface area contributed by atoms with Crippen molar-refractivity contribution in [1.29, 1.82) is 0 Å². The van der Waals surface area contributed by atoms with E-state index in [0.717, 1.165) is 23.4 Å². The van der Waals surface area contributed by atoms with Crippen LogP contribution in [0, 0.1) is 0 Å². The fraction of sp³-hybridized carbons (Fsp3) is 0.625. The van der Waals surface area contributed by atoms with Gasteiger partial charge in [-0.2, -0.15) is 0 Å². The Kier molecular flexibility index (Phi) is 6.55. The van der Waals surface area contributed by atoms with Crippen LogP contribution in [0.15, 0.2) is 23.1 Å². The summed E-state index contributed by atoms with van der Waals surface area (Å²) in [4.78, 5) is 1.31. The first kappa shape index (κ1) is 15.2. The summed E-state index contributed by atoms with van der Waals surface area (Å²) in [5.74, 6) is 0. The average Bonchev–Trinajstić information content (AvgIpc) is 2.44. The third kappa shape index (κ3) is 4.70. The molecule has 1 aliphatic carbocycles. The summed E-state index contributed by atoms with van der Waals surface area (Å²) in [6.07, 6.45) is 8.03. The Labute approximate surface area is 126 Å². The molecule has 0 bridgehead atoms. The summed E-state index contributed by atoms with van der Waals surface area (Å²) in [7, 11) is 0. The van der Waals surface area contributed by atoms with Crippen molar-refractivity contribution in [3.63, 3.8) is 0 Å². The molecule has 0 unspecified atom stereocenters. The monoisotopic (exact) mass is 297 g/mol. The van der Waals surface area contributed by atoms with Crippen molar-refractivity contribution in [3.8, 4) is 0 Å². The number of hydrogen-bond acceptors (Lipinski definition) is 2. The van der Waals surface area contributed by atoms with Gasteiger partial charge in [0.1, 0.15) is 0 Å². The summed E-state index contributed by atoms with van der Waals surface area (Å²) in [6.45, 7) is 4.20. The molecule has 0 atom stereocenters. The zero-order valence-corrected chi connectivity index (χ0v) is 13.3. The third-order valence-corrected chi connectivity index (χ3v) is 5.58. The lowest BCUT2D eigenvalue weighted by molar-refractivity contribution is 0.516. The summed E-state index contributed by atoms with van der Waals surface area (Å²) in [5.41, 5.74) is 1.36. The van der Waals surface area contributed by atoms with Gasteiger partial charge in [0.25, 0.3) is 0 Å². The standard InChI is InChI=1S/C16H24ClNS/c1-2-11-18-12-13-7-6-10-15(17)16(13)19-14-8-4-3-5-9-14/h6-7,10,14,18H,2-5,8-9,11-12H2,1H3. The molecule has 1 saturated carbocycles. The van der Waals surface area contributed by atoms with Gasteiger partial charge in [0, 0.05) is 16.7 Å². The molecule has 0 radical (unpaired) electrons.